The minimum atomic E-state index is -0.532. The van der Waals surface area contributed by atoms with Crippen LogP contribution in [0, 0.1) is 5.92 Å². The first kappa shape index (κ1) is 22.7. The molecule has 1 aromatic carbocycles. The standard InChI is InChI=1S/C23H35N3O4/c1-4-28-17-20(27)15-25(14-18(2)3)16-21-22(19-8-6-5-7-9-19)24-30-23(21)26-10-12-29-13-11-26/h5-9,18,20,27H,4,10-17H2,1-3H3/t20-/m0/s1. The van der Waals surface area contributed by atoms with Crippen molar-refractivity contribution in [3.05, 3.63) is 35.9 Å². The number of nitrogens with zero attached hydrogens (tertiary/aromatic N) is 3. The molecule has 0 unspecified atom stereocenters. The molecule has 0 amide bonds. The molecule has 0 radical (unpaired) electrons. The quantitative estimate of drug-likeness (QED) is 0.602. The van der Waals surface area contributed by atoms with Crippen molar-refractivity contribution in [2.45, 2.75) is 33.4 Å². The second-order valence-electron chi connectivity index (χ2n) is 8.18. The maximum atomic E-state index is 10.5. The molecule has 2 heterocycles. The van der Waals surface area contributed by atoms with E-state index in [9.17, 15) is 5.11 Å². The second kappa shape index (κ2) is 11.5. The van der Waals surface area contributed by atoms with Crippen molar-refractivity contribution >= 4 is 5.88 Å². The lowest BCUT2D eigenvalue weighted by Gasteiger charge is -2.30. The lowest BCUT2D eigenvalue weighted by Crippen LogP contribution is -2.39. The highest BCUT2D eigenvalue weighted by atomic mass is 16.5. The normalized spacial score (nSPS) is 15.9. The maximum Gasteiger partial charge on any atom is 0.232 e. The van der Waals surface area contributed by atoms with Gasteiger partial charge in [0.05, 0.1) is 31.5 Å². The molecule has 0 spiro atoms. The summed E-state index contributed by atoms with van der Waals surface area (Å²) in [5.41, 5.74) is 2.97. The van der Waals surface area contributed by atoms with Crippen LogP contribution in [0.2, 0.25) is 0 Å². The van der Waals surface area contributed by atoms with Crippen molar-refractivity contribution in [1.29, 1.82) is 0 Å². The monoisotopic (exact) mass is 417 g/mol. The third-order valence-corrected chi connectivity index (χ3v) is 5.10. The number of anilines is 1. The predicted molar refractivity (Wildman–Crippen MR) is 118 cm³/mol. The van der Waals surface area contributed by atoms with Gasteiger partial charge in [-0.15, -0.1) is 0 Å². The molecule has 1 aliphatic rings. The molecule has 3 rings (SSSR count). The zero-order chi connectivity index (χ0) is 21.3. The molecule has 1 aromatic heterocycles. The van der Waals surface area contributed by atoms with E-state index < -0.39 is 6.10 Å². The average molecular weight is 418 g/mol. The van der Waals surface area contributed by atoms with Crippen LogP contribution in [0.3, 0.4) is 0 Å². The van der Waals surface area contributed by atoms with Gasteiger partial charge in [-0.2, -0.15) is 0 Å². The zero-order valence-electron chi connectivity index (χ0n) is 18.4. The average Bonchev–Trinajstić information content (AvgIpc) is 3.16. The number of aromatic nitrogens is 1. The molecule has 0 bridgehead atoms. The third-order valence-electron chi connectivity index (χ3n) is 5.10. The van der Waals surface area contributed by atoms with Crippen LogP contribution in [0.5, 0.6) is 0 Å². The Bertz CT molecular complexity index is 744. The van der Waals surface area contributed by atoms with E-state index in [2.05, 4.69) is 40.9 Å². The minimum Gasteiger partial charge on any atom is -0.389 e. The molecule has 0 saturated carbocycles. The summed E-state index contributed by atoms with van der Waals surface area (Å²) in [5.74, 6) is 1.28. The van der Waals surface area contributed by atoms with Gasteiger partial charge in [-0.1, -0.05) is 49.3 Å². The summed E-state index contributed by atoms with van der Waals surface area (Å²) < 4.78 is 16.8. The van der Waals surface area contributed by atoms with Gasteiger partial charge in [-0.25, -0.2) is 0 Å². The lowest BCUT2D eigenvalue weighted by molar-refractivity contribution is 0.0175. The van der Waals surface area contributed by atoms with Crippen molar-refractivity contribution in [3.8, 4) is 11.3 Å². The van der Waals surface area contributed by atoms with Gasteiger partial charge < -0.3 is 24.0 Å². The molecule has 1 N–H and O–H groups in total. The van der Waals surface area contributed by atoms with Crippen molar-refractivity contribution in [3.63, 3.8) is 0 Å². The van der Waals surface area contributed by atoms with Crippen LogP contribution in [-0.4, -0.2) is 73.9 Å². The van der Waals surface area contributed by atoms with Crippen molar-refractivity contribution in [2.24, 2.45) is 5.92 Å². The molecule has 166 valence electrons. The highest BCUT2D eigenvalue weighted by Crippen LogP contribution is 2.33. The van der Waals surface area contributed by atoms with E-state index in [1.54, 1.807) is 0 Å². The first-order valence-corrected chi connectivity index (χ1v) is 10.9. The Labute approximate surface area is 179 Å². The summed E-state index contributed by atoms with van der Waals surface area (Å²) >= 11 is 0. The number of morpholine rings is 1. The van der Waals surface area contributed by atoms with E-state index >= 15 is 0 Å². The van der Waals surface area contributed by atoms with E-state index in [0.29, 0.717) is 45.4 Å². The number of hydrogen-bond donors (Lipinski definition) is 1. The Balaban J connectivity index is 1.88. The molecule has 0 aliphatic carbocycles. The number of ether oxygens (including phenoxy) is 2. The second-order valence-corrected chi connectivity index (χ2v) is 8.18. The van der Waals surface area contributed by atoms with Crippen molar-refractivity contribution in [1.82, 2.24) is 10.1 Å². The van der Waals surface area contributed by atoms with E-state index in [4.69, 9.17) is 14.0 Å². The Morgan fingerprint density at radius 1 is 1.17 bits per heavy atom. The Hall–Kier alpha value is -1.93. The van der Waals surface area contributed by atoms with Crippen molar-refractivity contribution < 1.29 is 19.1 Å². The van der Waals surface area contributed by atoms with Gasteiger partial charge in [0.1, 0.15) is 5.69 Å². The largest absolute Gasteiger partial charge is 0.389 e. The smallest absolute Gasteiger partial charge is 0.232 e. The summed E-state index contributed by atoms with van der Waals surface area (Å²) in [6, 6.07) is 10.1. The van der Waals surface area contributed by atoms with Gasteiger partial charge >= 0.3 is 0 Å². The molecule has 2 aromatic rings. The fraction of sp³-hybridized carbons (Fsp3) is 0.609. The molecule has 1 aliphatic heterocycles. The molecule has 7 heteroatoms. The van der Waals surface area contributed by atoms with Crippen LogP contribution in [0.4, 0.5) is 5.88 Å². The minimum absolute atomic E-state index is 0.344. The molecular weight excluding hydrogens is 382 g/mol. The summed E-state index contributed by atoms with van der Waals surface area (Å²) in [6.07, 6.45) is -0.532. The number of aliphatic hydroxyl groups is 1. The fourth-order valence-corrected chi connectivity index (χ4v) is 3.83. The zero-order valence-corrected chi connectivity index (χ0v) is 18.4. The molecule has 7 nitrogen and oxygen atoms in total. The summed E-state index contributed by atoms with van der Waals surface area (Å²) in [5, 5.41) is 14.9. The summed E-state index contributed by atoms with van der Waals surface area (Å²) in [4.78, 5) is 4.49. The van der Waals surface area contributed by atoms with E-state index in [0.717, 1.165) is 42.3 Å². The first-order chi connectivity index (χ1) is 14.6. The summed E-state index contributed by atoms with van der Waals surface area (Å²) in [7, 11) is 0. The molecule has 1 fully saturated rings. The third kappa shape index (κ3) is 6.28. The number of benzene rings is 1. The van der Waals surface area contributed by atoms with Crippen LogP contribution in [0.25, 0.3) is 11.3 Å². The van der Waals surface area contributed by atoms with E-state index in [-0.39, 0.29) is 0 Å². The Morgan fingerprint density at radius 3 is 2.57 bits per heavy atom. The van der Waals surface area contributed by atoms with Crippen LogP contribution >= 0.6 is 0 Å². The highest BCUT2D eigenvalue weighted by Gasteiger charge is 2.26. The number of aliphatic hydroxyl groups excluding tert-OH is 1. The molecule has 30 heavy (non-hydrogen) atoms. The molecule has 1 atom stereocenters. The molecule has 1 saturated heterocycles. The lowest BCUT2D eigenvalue weighted by atomic mass is 10.1. The summed E-state index contributed by atoms with van der Waals surface area (Å²) in [6.45, 7) is 12.3. The molecular formula is C23H35N3O4. The topological polar surface area (TPSA) is 71.2 Å². The maximum absolute atomic E-state index is 10.5. The van der Waals surface area contributed by atoms with Gasteiger partial charge in [0.25, 0.3) is 0 Å². The van der Waals surface area contributed by atoms with Gasteiger partial charge in [0, 0.05) is 44.9 Å². The fourth-order valence-electron chi connectivity index (χ4n) is 3.83. The number of rotatable bonds is 11. The van der Waals surface area contributed by atoms with Crippen LogP contribution < -0.4 is 4.90 Å². The van der Waals surface area contributed by atoms with Gasteiger partial charge in [0.15, 0.2) is 0 Å². The highest BCUT2D eigenvalue weighted by molar-refractivity contribution is 5.68. The van der Waals surface area contributed by atoms with E-state index in [1.165, 1.54) is 0 Å². The van der Waals surface area contributed by atoms with Crippen LogP contribution in [0.1, 0.15) is 26.3 Å². The van der Waals surface area contributed by atoms with Gasteiger partial charge in [-0.05, 0) is 12.8 Å². The van der Waals surface area contributed by atoms with Crippen molar-refractivity contribution in [2.75, 3.05) is 57.5 Å². The first-order valence-electron chi connectivity index (χ1n) is 10.9. The van der Waals surface area contributed by atoms with E-state index in [1.807, 2.05) is 25.1 Å². The van der Waals surface area contributed by atoms with Gasteiger partial charge in [0.2, 0.25) is 5.88 Å². The van der Waals surface area contributed by atoms with Crippen LogP contribution in [-0.2, 0) is 16.0 Å². The Kier molecular flexibility index (Phi) is 8.69. The number of hydrogen-bond acceptors (Lipinski definition) is 7. The predicted octanol–water partition coefficient (Wildman–Crippen LogP) is 3.03. The Morgan fingerprint density at radius 2 is 1.90 bits per heavy atom. The van der Waals surface area contributed by atoms with Crippen LogP contribution in [0.15, 0.2) is 34.9 Å². The SMILES string of the molecule is CCOC[C@@H](O)CN(Cc1c(-c2ccccc2)noc1N1CCOCC1)CC(C)C. The van der Waals surface area contributed by atoms with Gasteiger partial charge in [-0.3, -0.25) is 4.90 Å².